The lowest BCUT2D eigenvalue weighted by Gasteiger charge is -2.06. The van der Waals surface area contributed by atoms with Crippen LogP contribution < -0.4 is 10.2 Å². The Labute approximate surface area is 145 Å². The van der Waals surface area contributed by atoms with Crippen LogP contribution in [0.15, 0.2) is 71.8 Å². The van der Waals surface area contributed by atoms with Crippen molar-refractivity contribution < 1.29 is 4.74 Å². The van der Waals surface area contributed by atoms with Crippen molar-refractivity contribution in [1.82, 2.24) is 10.2 Å². The lowest BCUT2D eigenvalue weighted by atomic mass is 10.2. The summed E-state index contributed by atoms with van der Waals surface area (Å²) in [6.07, 6.45) is 1.69. The highest BCUT2D eigenvalue weighted by Crippen LogP contribution is 2.13. The van der Waals surface area contributed by atoms with Crippen LogP contribution in [-0.2, 0) is 6.61 Å². The predicted octanol–water partition coefficient (Wildman–Crippen LogP) is 4.16. The molecule has 0 saturated carbocycles. The summed E-state index contributed by atoms with van der Waals surface area (Å²) < 4.78 is 5.74. The number of anilines is 1. The Morgan fingerprint density at radius 2 is 1.75 bits per heavy atom. The summed E-state index contributed by atoms with van der Waals surface area (Å²) in [6, 6.07) is 21.1. The molecule has 6 heteroatoms. The van der Waals surface area contributed by atoms with Crippen LogP contribution in [0.5, 0.6) is 5.75 Å². The molecule has 3 rings (SSSR count). The number of nitrogens with one attached hydrogen (secondary N) is 1. The number of ether oxygens (including phenoxy) is 1. The van der Waals surface area contributed by atoms with Crippen LogP contribution in [0.2, 0.25) is 5.15 Å². The molecule has 0 saturated heterocycles. The van der Waals surface area contributed by atoms with Gasteiger partial charge in [0.2, 0.25) is 0 Å². The zero-order valence-electron chi connectivity index (χ0n) is 12.8. The van der Waals surface area contributed by atoms with Crippen LogP contribution in [0, 0.1) is 0 Å². The first-order valence-electron chi connectivity index (χ1n) is 7.35. The second kappa shape index (κ2) is 8.08. The molecule has 24 heavy (non-hydrogen) atoms. The molecule has 0 aliphatic rings. The first kappa shape index (κ1) is 16.0. The summed E-state index contributed by atoms with van der Waals surface area (Å²) in [5.41, 5.74) is 4.86. The van der Waals surface area contributed by atoms with Crippen molar-refractivity contribution in [2.24, 2.45) is 5.10 Å². The van der Waals surface area contributed by atoms with Gasteiger partial charge in [0.05, 0.1) is 6.21 Å². The fraction of sp³-hybridized carbons (Fsp3) is 0.0556. The molecule has 0 spiro atoms. The minimum absolute atomic E-state index is 0.343. The maximum absolute atomic E-state index is 5.74. The van der Waals surface area contributed by atoms with Crippen LogP contribution in [0.1, 0.15) is 11.1 Å². The van der Waals surface area contributed by atoms with E-state index in [2.05, 4.69) is 20.7 Å². The normalized spacial score (nSPS) is 10.7. The number of benzene rings is 2. The first-order chi connectivity index (χ1) is 11.8. The minimum atomic E-state index is 0.343. The van der Waals surface area contributed by atoms with Gasteiger partial charge < -0.3 is 4.74 Å². The third-order valence-corrected chi connectivity index (χ3v) is 3.35. The molecule has 120 valence electrons. The van der Waals surface area contributed by atoms with Crippen LogP contribution in [-0.4, -0.2) is 16.4 Å². The molecular formula is C18H15ClN4O. The quantitative estimate of drug-likeness (QED) is 0.541. The first-order valence-corrected chi connectivity index (χ1v) is 7.72. The molecule has 0 aliphatic carbocycles. The van der Waals surface area contributed by atoms with Gasteiger partial charge >= 0.3 is 0 Å². The van der Waals surface area contributed by atoms with E-state index in [4.69, 9.17) is 16.3 Å². The summed E-state index contributed by atoms with van der Waals surface area (Å²) >= 11 is 5.67. The molecule has 1 heterocycles. The van der Waals surface area contributed by atoms with Crippen LogP contribution >= 0.6 is 11.6 Å². The Bertz CT molecular complexity index is 790. The molecular weight excluding hydrogens is 324 g/mol. The standard InChI is InChI=1S/C18H15ClN4O/c19-17-10-11-18(23-21-17)22-20-12-14-6-8-16(9-7-14)24-13-15-4-2-1-3-5-15/h1-12H,13H2,(H,22,23)/b20-12-. The number of hydrogen-bond donors (Lipinski definition) is 1. The number of halogens is 1. The van der Waals surface area contributed by atoms with Crippen LogP contribution in [0.25, 0.3) is 0 Å². The Balaban J connectivity index is 1.52. The second-order valence-electron chi connectivity index (χ2n) is 4.95. The zero-order valence-corrected chi connectivity index (χ0v) is 13.5. The highest BCUT2D eigenvalue weighted by molar-refractivity contribution is 6.29. The Kier molecular flexibility index (Phi) is 5.37. The monoisotopic (exact) mass is 338 g/mol. The van der Waals surface area contributed by atoms with Gasteiger partial charge in [-0.3, -0.25) is 5.43 Å². The number of hydrazone groups is 1. The van der Waals surface area contributed by atoms with Crippen LogP contribution in [0.4, 0.5) is 5.82 Å². The second-order valence-corrected chi connectivity index (χ2v) is 5.34. The van der Waals surface area contributed by atoms with Gasteiger partial charge in [-0.2, -0.15) is 5.10 Å². The van der Waals surface area contributed by atoms with Gasteiger partial charge in [-0.15, -0.1) is 10.2 Å². The Morgan fingerprint density at radius 1 is 0.958 bits per heavy atom. The largest absolute Gasteiger partial charge is 0.489 e. The Morgan fingerprint density at radius 3 is 2.46 bits per heavy atom. The molecule has 0 radical (unpaired) electrons. The lowest BCUT2D eigenvalue weighted by molar-refractivity contribution is 0.306. The molecule has 2 aromatic carbocycles. The van der Waals surface area contributed by atoms with Gasteiger partial charge in [0.15, 0.2) is 11.0 Å². The van der Waals surface area contributed by atoms with E-state index in [1.807, 2.05) is 54.6 Å². The van der Waals surface area contributed by atoms with Crippen LogP contribution in [0.3, 0.4) is 0 Å². The van der Waals surface area contributed by atoms with E-state index in [1.165, 1.54) is 0 Å². The highest BCUT2D eigenvalue weighted by atomic mass is 35.5. The van der Waals surface area contributed by atoms with Crippen molar-refractivity contribution in [3.8, 4) is 5.75 Å². The number of hydrogen-bond acceptors (Lipinski definition) is 5. The van der Waals surface area contributed by atoms with E-state index < -0.39 is 0 Å². The predicted molar refractivity (Wildman–Crippen MR) is 95.5 cm³/mol. The molecule has 0 amide bonds. The fourth-order valence-electron chi connectivity index (χ4n) is 1.94. The fourth-order valence-corrected chi connectivity index (χ4v) is 2.04. The van der Waals surface area contributed by atoms with E-state index in [9.17, 15) is 0 Å². The summed E-state index contributed by atoms with van der Waals surface area (Å²) in [4.78, 5) is 0. The minimum Gasteiger partial charge on any atom is -0.489 e. The molecule has 5 nitrogen and oxygen atoms in total. The van der Waals surface area contributed by atoms with Crippen molar-refractivity contribution in [3.63, 3.8) is 0 Å². The molecule has 0 fully saturated rings. The smallest absolute Gasteiger partial charge is 0.168 e. The molecule has 3 aromatic rings. The summed E-state index contributed by atoms with van der Waals surface area (Å²) in [7, 11) is 0. The lowest BCUT2D eigenvalue weighted by Crippen LogP contribution is -1.96. The zero-order chi connectivity index (χ0) is 16.6. The van der Waals surface area contributed by atoms with Crippen molar-refractivity contribution >= 4 is 23.6 Å². The molecule has 0 atom stereocenters. The Hall–Kier alpha value is -2.92. The van der Waals surface area contributed by atoms with E-state index in [1.54, 1.807) is 18.3 Å². The summed E-state index contributed by atoms with van der Waals surface area (Å²) in [6.45, 7) is 0.547. The van der Waals surface area contributed by atoms with Gasteiger partial charge in [-0.05, 0) is 47.5 Å². The van der Waals surface area contributed by atoms with E-state index in [0.717, 1.165) is 16.9 Å². The van der Waals surface area contributed by atoms with Crippen molar-refractivity contribution in [1.29, 1.82) is 0 Å². The van der Waals surface area contributed by atoms with E-state index in [0.29, 0.717) is 17.6 Å². The SMILES string of the molecule is Clc1ccc(N/N=C\c2ccc(OCc3ccccc3)cc2)nn1. The molecule has 1 aromatic heterocycles. The average molecular weight is 339 g/mol. The van der Waals surface area contributed by atoms with E-state index in [-0.39, 0.29) is 0 Å². The molecule has 0 bridgehead atoms. The molecule has 0 unspecified atom stereocenters. The van der Waals surface area contributed by atoms with Gasteiger partial charge in [-0.1, -0.05) is 41.9 Å². The highest BCUT2D eigenvalue weighted by Gasteiger charge is 1.96. The van der Waals surface area contributed by atoms with Gasteiger partial charge in [0.25, 0.3) is 0 Å². The van der Waals surface area contributed by atoms with Crippen molar-refractivity contribution in [2.75, 3.05) is 5.43 Å². The third kappa shape index (κ3) is 4.79. The maximum Gasteiger partial charge on any atom is 0.168 e. The topological polar surface area (TPSA) is 59.4 Å². The maximum atomic E-state index is 5.74. The number of aromatic nitrogens is 2. The number of rotatable bonds is 6. The molecule has 0 aliphatic heterocycles. The van der Waals surface area contributed by atoms with Gasteiger partial charge in [0, 0.05) is 0 Å². The van der Waals surface area contributed by atoms with E-state index >= 15 is 0 Å². The van der Waals surface area contributed by atoms with Gasteiger partial charge in [-0.25, -0.2) is 0 Å². The summed E-state index contributed by atoms with van der Waals surface area (Å²) in [5, 5.41) is 12.0. The van der Waals surface area contributed by atoms with Gasteiger partial charge in [0.1, 0.15) is 12.4 Å². The van der Waals surface area contributed by atoms with Crippen molar-refractivity contribution in [3.05, 3.63) is 83.0 Å². The number of nitrogens with zero attached hydrogens (tertiary/aromatic N) is 3. The summed E-state index contributed by atoms with van der Waals surface area (Å²) in [5.74, 6) is 1.34. The average Bonchev–Trinajstić information content (AvgIpc) is 2.64. The van der Waals surface area contributed by atoms with Crippen molar-refractivity contribution in [2.45, 2.75) is 6.61 Å². The third-order valence-electron chi connectivity index (χ3n) is 3.15. The molecule has 1 N–H and O–H groups in total.